The first-order valence-corrected chi connectivity index (χ1v) is 19.0. The summed E-state index contributed by atoms with van der Waals surface area (Å²) in [5.74, 6) is -1.16. The van der Waals surface area contributed by atoms with Crippen LogP contribution in [0, 0.1) is 17.6 Å². The third-order valence-electron chi connectivity index (χ3n) is 9.46. The molecule has 9 nitrogen and oxygen atoms in total. The molecule has 0 aromatic heterocycles. The molecule has 0 bridgehead atoms. The number of nitrogens with zero attached hydrogens (tertiary/aromatic N) is 4. The van der Waals surface area contributed by atoms with Gasteiger partial charge in [0.15, 0.2) is 9.84 Å². The number of carbonyl (C=O) groups is 1. The average Bonchev–Trinajstić information content (AvgIpc) is 3.32. The van der Waals surface area contributed by atoms with Gasteiger partial charge in [-0.05, 0) is 85.9 Å². The monoisotopic (exact) mass is 652 g/mol. The number of amides is 2. The van der Waals surface area contributed by atoms with E-state index in [9.17, 15) is 30.4 Å². The first-order valence-electron chi connectivity index (χ1n) is 15.3. The molecule has 3 aliphatic heterocycles. The van der Waals surface area contributed by atoms with Crippen LogP contribution in [0.4, 0.5) is 13.6 Å². The second-order valence-corrected chi connectivity index (χ2v) is 16.5. The van der Waals surface area contributed by atoms with Crippen molar-refractivity contribution in [2.24, 2.45) is 5.92 Å². The molecule has 2 aromatic rings. The summed E-state index contributed by atoms with van der Waals surface area (Å²) in [6.07, 6.45) is 6.08. The first-order chi connectivity index (χ1) is 20.8. The van der Waals surface area contributed by atoms with Gasteiger partial charge in [-0.25, -0.2) is 34.7 Å². The lowest BCUT2D eigenvalue weighted by Gasteiger charge is -2.39. The van der Waals surface area contributed by atoms with Crippen molar-refractivity contribution < 1.29 is 30.4 Å². The van der Waals surface area contributed by atoms with Crippen LogP contribution in [0.3, 0.4) is 0 Å². The number of piperidine rings is 2. The Bertz CT molecular complexity index is 1520. The number of sulfone groups is 1. The van der Waals surface area contributed by atoms with Crippen LogP contribution in [0.1, 0.15) is 49.1 Å². The zero-order valence-electron chi connectivity index (χ0n) is 25.4. The molecule has 3 heterocycles. The van der Waals surface area contributed by atoms with Crippen molar-refractivity contribution in [2.75, 3.05) is 58.3 Å². The Morgan fingerprint density at radius 2 is 1.43 bits per heavy atom. The fourth-order valence-electron chi connectivity index (χ4n) is 7.00. The zero-order chi connectivity index (χ0) is 31.6. The van der Waals surface area contributed by atoms with Crippen molar-refractivity contribution in [1.29, 1.82) is 0 Å². The highest BCUT2D eigenvalue weighted by Crippen LogP contribution is 2.37. The van der Waals surface area contributed by atoms with E-state index in [4.69, 9.17) is 0 Å². The van der Waals surface area contributed by atoms with E-state index in [0.29, 0.717) is 57.5 Å². The van der Waals surface area contributed by atoms with Crippen molar-refractivity contribution in [2.45, 2.75) is 55.5 Å². The fourth-order valence-corrected chi connectivity index (χ4v) is 8.50. The molecule has 5 rings (SSSR count). The molecule has 242 valence electrons. The van der Waals surface area contributed by atoms with E-state index < -0.39 is 31.5 Å². The Morgan fingerprint density at radius 3 is 2.00 bits per heavy atom. The van der Waals surface area contributed by atoms with Gasteiger partial charge in [0.1, 0.15) is 11.6 Å². The lowest BCUT2D eigenvalue weighted by Crippen LogP contribution is -2.47. The summed E-state index contributed by atoms with van der Waals surface area (Å²) < 4.78 is 77.4. The van der Waals surface area contributed by atoms with Gasteiger partial charge in [0, 0.05) is 64.2 Å². The molecule has 3 saturated heterocycles. The highest BCUT2D eigenvalue weighted by molar-refractivity contribution is 7.90. The van der Waals surface area contributed by atoms with E-state index in [2.05, 4.69) is 4.90 Å². The van der Waals surface area contributed by atoms with E-state index in [1.807, 2.05) is 4.90 Å². The third kappa shape index (κ3) is 7.96. The minimum Gasteiger partial charge on any atom is -0.320 e. The van der Waals surface area contributed by atoms with Crippen molar-refractivity contribution >= 4 is 25.9 Å². The van der Waals surface area contributed by atoms with Gasteiger partial charge >= 0.3 is 6.03 Å². The average molecular weight is 653 g/mol. The smallest absolute Gasteiger partial charge is 0.320 e. The molecule has 0 radical (unpaired) electrons. The number of sulfonamides is 1. The SMILES string of the molecule is CS(=O)(=O)c1ccc(CN2CCN(C3CCN(CC[C@@H](c4cc(F)cc(F)c4)C4CCN(S(C)(=O)=O)CC4)CC3)C2=O)cc1. The lowest BCUT2D eigenvalue weighted by molar-refractivity contribution is 0.124. The quantitative estimate of drug-likeness (QED) is 0.386. The van der Waals surface area contributed by atoms with Crippen LogP contribution in [-0.4, -0.2) is 106 Å². The zero-order valence-corrected chi connectivity index (χ0v) is 27.0. The molecule has 2 aromatic carbocycles. The maximum absolute atomic E-state index is 14.2. The Balaban J connectivity index is 1.15. The molecule has 0 aliphatic carbocycles. The number of halogens is 2. The molecule has 2 amide bonds. The molecule has 44 heavy (non-hydrogen) atoms. The van der Waals surface area contributed by atoms with E-state index in [1.54, 1.807) is 29.2 Å². The maximum atomic E-state index is 14.2. The van der Waals surface area contributed by atoms with Gasteiger partial charge < -0.3 is 14.7 Å². The molecule has 0 unspecified atom stereocenters. The molecule has 3 aliphatic rings. The predicted octanol–water partition coefficient (Wildman–Crippen LogP) is 3.92. The number of hydrogen-bond acceptors (Lipinski definition) is 6. The summed E-state index contributed by atoms with van der Waals surface area (Å²) in [6, 6.07) is 10.5. The Morgan fingerprint density at radius 1 is 0.818 bits per heavy atom. The van der Waals surface area contributed by atoms with E-state index in [-0.39, 0.29) is 28.8 Å². The van der Waals surface area contributed by atoms with Gasteiger partial charge in [0.05, 0.1) is 11.2 Å². The van der Waals surface area contributed by atoms with Crippen LogP contribution in [0.2, 0.25) is 0 Å². The van der Waals surface area contributed by atoms with Crippen LogP contribution >= 0.6 is 0 Å². The molecular weight excluding hydrogens is 610 g/mol. The summed E-state index contributed by atoms with van der Waals surface area (Å²) in [5, 5.41) is 0. The minimum atomic E-state index is -3.27. The molecule has 0 spiro atoms. The maximum Gasteiger partial charge on any atom is 0.320 e. The Kier molecular flexibility index (Phi) is 9.98. The van der Waals surface area contributed by atoms with Gasteiger partial charge in [-0.2, -0.15) is 0 Å². The standard InChI is InChI=1S/C31H42F2N4O5S2/c1-43(39,40)29-5-3-23(4-6-29)22-35-17-18-37(31(35)38)28-9-12-34(13-10-28)14-11-30(25-19-26(32)21-27(33)20-25)24-7-15-36(16-8-24)44(2,41)42/h3-6,19-21,24,28,30H,7-18,22H2,1-2H3/t30-/m1/s1. The fraction of sp³-hybridized carbons (Fsp3) is 0.581. The second-order valence-electron chi connectivity index (χ2n) is 12.5. The third-order valence-corrected chi connectivity index (χ3v) is 11.9. The van der Waals surface area contributed by atoms with Gasteiger partial charge in [0.2, 0.25) is 10.0 Å². The number of urea groups is 1. The van der Waals surface area contributed by atoms with Crippen LogP contribution in [0.25, 0.3) is 0 Å². The normalized spacial score (nSPS) is 20.9. The molecule has 1 atom stereocenters. The van der Waals surface area contributed by atoms with Crippen LogP contribution < -0.4 is 0 Å². The van der Waals surface area contributed by atoms with Crippen molar-refractivity contribution in [1.82, 2.24) is 19.0 Å². The summed E-state index contributed by atoms with van der Waals surface area (Å²) >= 11 is 0. The minimum absolute atomic E-state index is 0.00395. The van der Waals surface area contributed by atoms with Gasteiger partial charge in [-0.1, -0.05) is 12.1 Å². The van der Waals surface area contributed by atoms with Gasteiger partial charge in [0.25, 0.3) is 0 Å². The van der Waals surface area contributed by atoms with Gasteiger partial charge in [-0.15, -0.1) is 0 Å². The molecule has 3 fully saturated rings. The topological polar surface area (TPSA) is 98.3 Å². The van der Waals surface area contributed by atoms with Gasteiger partial charge in [-0.3, -0.25) is 0 Å². The largest absolute Gasteiger partial charge is 0.320 e. The number of benzene rings is 2. The Hall–Kier alpha value is -2.61. The highest BCUT2D eigenvalue weighted by Gasteiger charge is 2.36. The number of rotatable bonds is 10. The summed E-state index contributed by atoms with van der Waals surface area (Å²) in [4.78, 5) is 19.6. The van der Waals surface area contributed by atoms with E-state index in [0.717, 1.165) is 44.1 Å². The molecular formula is C31H42F2N4O5S2. The van der Waals surface area contributed by atoms with Crippen molar-refractivity contribution in [3.63, 3.8) is 0 Å². The van der Waals surface area contributed by atoms with Crippen LogP contribution in [-0.2, 0) is 26.4 Å². The van der Waals surface area contributed by atoms with Crippen LogP contribution in [0.5, 0.6) is 0 Å². The summed E-state index contributed by atoms with van der Waals surface area (Å²) in [6.45, 7) is 4.93. The molecule has 13 heteroatoms. The number of hydrogen-bond donors (Lipinski definition) is 0. The predicted molar refractivity (Wildman–Crippen MR) is 164 cm³/mol. The van der Waals surface area contributed by atoms with E-state index >= 15 is 0 Å². The van der Waals surface area contributed by atoms with Crippen molar-refractivity contribution in [3.8, 4) is 0 Å². The van der Waals surface area contributed by atoms with E-state index in [1.165, 1.54) is 28.9 Å². The van der Waals surface area contributed by atoms with Crippen molar-refractivity contribution in [3.05, 3.63) is 65.2 Å². The summed E-state index contributed by atoms with van der Waals surface area (Å²) in [5.41, 5.74) is 1.51. The highest BCUT2D eigenvalue weighted by atomic mass is 32.2. The lowest BCUT2D eigenvalue weighted by atomic mass is 9.78. The molecule has 0 N–H and O–H groups in total. The number of carbonyl (C=O) groups excluding carboxylic acids is 1. The Labute approximate surface area is 259 Å². The number of likely N-dealkylation sites (tertiary alicyclic amines) is 1. The molecule has 0 saturated carbocycles. The van der Waals surface area contributed by atoms with Crippen LogP contribution in [0.15, 0.2) is 47.4 Å². The second kappa shape index (κ2) is 13.4. The first kappa shape index (κ1) is 32.8. The summed E-state index contributed by atoms with van der Waals surface area (Å²) in [7, 11) is -6.54.